The molecule has 0 aliphatic heterocycles. The maximum Gasteiger partial charge on any atom is 0.344 e. The number of carbonyl (C=O) groups excluding carboxylic acids is 1. The Hall–Kier alpha value is -3.55. The maximum atomic E-state index is 12.8. The molecule has 1 N–H and O–H groups in total. The number of carbonyl (C=O) groups is 1. The zero-order valence-corrected chi connectivity index (χ0v) is 18.9. The van der Waals surface area contributed by atoms with E-state index in [1.165, 1.54) is 11.3 Å². The third-order valence-electron chi connectivity index (χ3n) is 4.94. The van der Waals surface area contributed by atoms with Gasteiger partial charge in [-0.25, -0.2) is 9.78 Å². The molecule has 0 aliphatic rings. The number of hydrogen-bond acceptors (Lipinski definition) is 5. The quantitative estimate of drug-likeness (QED) is 0.281. The Bertz CT molecular complexity index is 1510. The van der Waals surface area contributed by atoms with E-state index in [2.05, 4.69) is 26.2 Å². The summed E-state index contributed by atoms with van der Waals surface area (Å²) in [5, 5.41) is 6.06. The number of amides is 1. The molecule has 156 valence electrons. The lowest BCUT2D eigenvalue weighted by atomic mass is 10.0. The fourth-order valence-corrected chi connectivity index (χ4v) is 4.32. The molecule has 0 spiro atoms. The first kappa shape index (κ1) is 20.4. The Balaban J connectivity index is 1.40. The van der Waals surface area contributed by atoms with E-state index in [9.17, 15) is 9.59 Å². The van der Waals surface area contributed by atoms with E-state index in [1.54, 1.807) is 36.4 Å². The number of hydrogen-bond donors (Lipinski definition) is 1. The molecule has 0 aliphatic carbocycles. The Morgan fingerprint density at radius 2 is 1.75 bits per heavy atom. The summed E-state index contributed by atoms with van der Waals surface area (Å²) in [4.78, 5) is 29.8. The minimum absolute atomic E-state index is 0.297. The first-order valence-electron chi connectivity index (χ1n) is 9.73. The maximum absolute atomic E-state index is 12.8. The van der Waals surface area contributed by atoms with Gasteiger partial charge in [-0.2, -0.15) is 0 Å². The van der Waals surface area contributed by atoms with Crippen LogP contribution in [0.15, 0.2) is 97.9 Å². The Kier molecular flexibility index (Phi) is 5.43. The van der Waals surface area contributed by atoms with Crippen molar-refractivity contribution in [3.63, 3.8) is 0 Å². The molecule has 0 saturated heterocycles. The van der Waals surface area contributed by atoms with Gasteiger partial charge in [0, 0.05) is 26.4 Å². The van der Waals surface area contributed by atoms with Crippen molar-refractivity contribution < 1.29 is 9.21 Å². The van der Waals surface area contributed by atoms with Gasteiger partial charge in [0.1, 0.15) is 5.58 Å². The molecular formula is C25H15BrN2O3S. The summed E-state index contributed by atoms with van der Waals surface area (Å²) in [5.41, 5.74) is 3.29. The zero-order valence-electron chi connectivity index (χ0n) is 16.5. The number of nitrogens with one attached hydrogen (secondary N) is 1. The summed E-state index contributed by atoms with van der Waals surface area (Å²) in [6, 6.07) is 23.8. The summed E-state index contributed by atoms with van der Waals surface area (Å²) in [6.45, 7) is 0. The minimum Gasteiger partial charge on any atom is -0.422 e. The number of para-hydroxylation sites is 1. The number of fused-ring (bicyclic) bond motifs is 1. The molecule has 0 saturated carbocycles. The summed E-state index contributed by atoms with van der Waals surface area (Å²) in [5.74, 6) is -0.297. The van der Waals surface area contributed by atoms with Gasteiger partial charge < -0.3 is 4.42 Å². The summed E-state index contributed by atoms with van der Waals surface area (Å²) >= 11 is 4.78. The van der Waals surface area contributed by atoms with Gasteiger partial charge in [-0.15, -0.1) is 11.3 Å². The number of thiazole rings is 1. The molecule has 1 amide bonds. The van der Waals surface area contributed by atoms with E-state index in [0.717, 1.165) is 21.1 Å². The largest absolute Gasteiger partial charge is 0.422 e. The second kappa shape index (κ2) is 8.53. The molecule has 5 rings (SSSR count). The SMILES string of the molecule is O=C(Nc1nc(-c2ccc(Br)cc2)cs1)c1cccc(-c2cc3ccccc3oc2=O)c1. The van der Waals surface area contributed by atoms with Crippen LogP contribution in [0.3, 0.4) is 0 Å². The normalized spacial score (nSPS) is 10.9. The zero-order chi connectivity index (χ0) is 22.1. The molecule has 2 heterocycles. The molecule has 5 nitrogen and oxygen atoms in total. The average molecular weight is 503 g/mol. The monoisotopic (exact) mass is 502 g/mol. The molecule has 3 aromatic carbocycles. The third-order valence-corrected chi connectivity index (χ3v) is 6.23. The van der Waals surface area contributed by atoms with Crippen molar-refractivity contribution in [1.82, 2.24) is 4.98 Å². The van der Waals surface area contributed by atoms with Crippen LogP contribution in [0.25, 0.3) is 33.4 Å². The Morgan fingerprint density at radius 1 is 0.938 bits per heavy atom. The summed E-state index contributed by atoms with van der Waals surface area (Å²) < 4.78 is 6.42. The van der Waals surface area contributed by atoms with Crippen molar-refractivity contribution in [3.8, 4) is 22.4 Å². The number of benzene rings is 3. The Morgan fingerprint density at radius 3 is 2.59 bits per heavy atom. The van der Waals surface area contributed by atoms with Crippen LogP contribution in [0.1, 0.15) is 10.4 Å². The molecular weight excluding hydrogens is 488 g/mol. The van der Waals surface area contributed by atoms with Gasteiger partial charge in [-0.1, -0.05) is 58.4 Å². The van der Waals surface area contributed by atoms with Gasteiger partial charge >= 0.3 is 5.63 Å². The molecule has 0 radical (unpaired) electrons. The second-order valence-electron chi connectivity index (χ2n) is 7.07. The minimum atomic E-state index is -0.444. The van der Waals surface area contributed by atoms with Crippen molar-refractivity contribution in [1.29, 1.82) is 0 Å². The molecule has 0 fully saturated rings. The highest BCUT2D eigenvalue weighted by atomic mass is 79.9. The molecule has 5 aromatic rings. The van der Waals surface area contributed by atoms with Crippen molar-refractivity contribution in [2.45, 2.75) is 0 Å². The second-order valence-corrected chi connectivity index (χ2v) is 8.84. The van der Waals surface area contributed by atoms with Crippen LogP contribution in [0.2, 0.25) is 0 Å². The van der Waals surface area contributed by atoms with Gasteiger partial charge in [0.2, 0.25) is 0 Å². The number of aromatic nitrogens is 1. The number of rotatable bonds is 4. The molecule has 0 bridgehead atoms. The van der Waals surface area contributed by atoms with Crippen molar-refractivity contribution in [3.05, 3.63) is 105 Å². The predicted molar refractivity (Wildman–Crippen MR) is 131 cm³/mol. The fraction of sp³-hybridized carbons (Fsp3) is 0. The number of halogens is 1. The van der Waals surface area contributed by atoms with E-state index >= 15 is 0 Å². The van der Waals surface area contributed by atoms with E-state index < -0.39 is 5.63 Å². The van der Waals surface area contributed by atoms with Crippen molar-refractivity contribution in [2.75, 3.05) is 5.32 Å². The van der Waals surface area contributed by atoms with Crippen LogP contribution in [-0.4, -0.2) is 10.9 Å². The third kappa shape index (κ3) is 4.12. The lowest BCUT2D eigenvalue weighted by Crippen LogP contribution is -2.12. The van der Waals surface area contributed by atoms with Gasteiger partial charge in [0.15, 0.2) is 5.13 Å². The lowest BCUT2D eigenvalue weighted by Gasteiger charge is -2.06. The van der Waals surface area contributed by atoms with Crippen LogP contribution < -0.4 is 10.9 Å². The number of anilines is 1. The summed E-state index contributed by atoms with van der Waals surface area (Å²) in [6.07, 6.45) is 0. The van der Waals surface area contributed by atoms with Gasteiger partial charge in [-0.3, -0.25) is 10.1 Å². The molecule has 32 heavy (non-hydrogen) atoms. The summed E-state index contributed by atoms with van der Waals surface area (Å²) in [7, 11) is 0. The Labute approximate surface area is 195 Å². The van der Waals surface area contributed by atoms with Crippen LogP contribution in [-0.2, 0) is 0 Å². The van der Waals surface area contributed by atoms with E-state index in [0.29, 0.717) is 27.4 Å². The molecule has 2 aromatic heterocycles. The van der Waals surface area contributed by atoms with E-state index in [-0.39, 0.29) is 5.91 Å². The standard InChI is InChI=1S/C25H15BrN2O3S/c26-19-10-8-15(9-11-19)21-14-32-25(27-21)28-23(29)18-6-3-5-16(12-18)20-13-17-4-1-2-7-22(17)31-24(20)30/h1-14H,(H,27,28,29). The predicted octanol–water partition coefficient (Wildman–Crippen LogP) is 6.60. The van der Waals surface area contributed by atoms with E-state index in [4.69, 9.17) is 4.42 Å². The number of nitrogens with zero attached hydrogens (tertiary/aromatic N) is 1. The van der Waals surface area contributed by atoms with Crippen LogP contribution in [0, 0.1) is 0 Å². The highest BCUT2D eigenvalue weighted by Gasteiger charge is 2.13. The van der Waals surface area contributed by atoms with Crippen LogP contribution >= 0.6 is 27.3 Å². The molecule has 0 atom stereocenters. The average Bonchev–Trinajstić information content (AvgIpc) is 3.27. The topological polar surface area (TPSA) is 72.2 Å². The first-order chi connectivity index (χ1) is 15.6. The lowest BCUT2D eigenvalue weighted by molar-refractivity contribution is 0.102. The molecule has 0 unspecified atom stereocenters. The fourth-order valence-electron chi connectivity index (χ4n) is 3.34. The van der Waals surface area contributed by atoms with Crippen LogP contribution in [0.5, 0.6) is 0 Å². The highest BCUT2D eigenvalue weighted by Crippen LogP contribution is 2.27. The first-order valence-corrected chi connectivity index (χ1v) is 11.4. The van der Waals surface area contributed by atoms with Gasteiger partial charge in [0.25, 0.3) is 5.91 Å². The smallest absolute Gasteiger partial charge is 0.344 e. The van der Waals surface area contributed by atoms with Crippen LogP contribution in [0.4, 0.5) is 5.13 Å². The van der Waals surface area contributed by atoms with Crippen molar-refractivity contribution >= 4 is 49.3 Å². The van der Waals surface area contributed by atoms with Gasteiger partial charge in [0.05, 0.1) is 11.3 Å². The van der Waals surface area contributed by atoms with Gasteiger partial charge in [-0.05, 0) is 42.0 Å². The highest BCUT2D eigenvalue weighted by molar-refractivity contribution is 9.10. The molecule has 7 heteroatoms. The van der Waals surface area contributed by atoms with E-state index in [1.807, 2.05) is 47.8 Å². The van der Waals surface area contributed by atoms with Crippen molar-refractivity contribution in [2.24, 2.45) is 0 Å².